The van der Waals surface area contributed by atoms with Crippen molar-refractivity contribution < 1.29 is 0 Å². The van der Waals surface area contributed by atoms with Crippen molar-refractivity contribution in [3.8, 4) is 6.07 Å². The highest BCUT2D eigenvalue weighted by Crippen LogP contribution is 2.39. The Morgan fingerprint density at radius 1 is 1.39 bits per heavy atom. The smallest absolute Gasteiger partial charge is 0.147 e. The number of nitriles is 1. The maximum Gasteiger partial charge on any atom is 0.147 e. The van der Waals surface area contributed by atoms with Crippen LogP contribution in [-0.2, 0) is 0 Å². The van der Waals surface area contributed by atoms with Gasteiger partial charge in [0.2, 0.25) is 0 Å². The van der Waals surface area contributed by atoms with Crippen molar-refractivity contribution in [3.63, 3.8) is 0 Å². The summed E-state index contributed by atoms with van der Waals surface area (Å²) in [6.07, 6.45) is 6.25. The minimum atomic E-state index is 0.209. The third-order valence-electron chi connectivity index (χ3n) is 4.07. The Labute approximate surface area is 115 Å². The van der Waals surface area contributed by atoms with Gasteiger partial charge in [0.25, 0.3) is 0 Å². The molecule has 2 N–H and O–H groups in total. The van der Waals surface area contributed by atoms with Crippen LogP contribution >= 0.6 is 15.9 Å². The van der Waals surface area contributed by atoms with Gasteiger partial charge in [-0.05, 0) is 47.7 Å². The van der Waals surface area contributed by atoms with Crippen LogP contribution in [0, 0.1) is 11.3 Å². The molecule has 2 fully saturated rings. The standard InChI is InChI=1S/C13H15BrN4/c14-9-5-8(6-15)13(17-7-9)18-10-1-3-11(16)12(18)4-2-10/h5,7,10-12H,1-4,16H2. The van der Waals surface area contributed by atoms with Gasteiger partial charge in [0, 0.05) is 28.8 Å². The lowest BCUT2D eigenvalue weighted by Gasteiger charge is -2.39. The molecule has 18 heavy (non-hydrogen) atoms. The molecule has 0 aromatic carbocycles. The molecule has 2 aliphatic rings. The summed E-state index contributed by atoms with van der Waals surface area (Å²) in [6.45, 7) is 0. The van der Waals surface area contributed by atoms with Gasteiger partial charge in [-0.3, -0.25) is 0 Å². The van der Waals surface area contributed by atoms with Crippen LogP contribution in [0.5, 0.6) is 0 Å². The Balaban J connectivity index is 2.03. The van der Waals surface area contributed by atoms with Gasteiger partial charge in [0.15, 0.2) is 0 Å². The zero-order chi connectivity index (χ0) is 12.7. The third kappa shape index (κ3) is 1.80. The molecule has 4 nitrogen and oxygen atoms in total. The number of hydrogen-bond donors (Lipinski definition) is 1. The monoisotopic (exact) mass is 306 g/mol. The Morgan fingerprint density at radius 2 is 2.17 bits per heavy atom. The molecule has 0 amide bonds. The van der Waals surface area contributed by atoms with E-state index in [4.69, 9.17) is 5.73 Å². The molecule has 0 saturated carbocycles. The van der Waals surface area contributed by atoms with Crippen LogP contribution < -0.4 is 10.6 Å². The zero-order valence-corrected chi connectivity index (χ0v) is 11.6. The number of nitrogens with two attached hydrogens (primary N) is 1. The fourth-order valence-corrected chi connectivity index (χ4v) is 3.57. The predicted molar refractivity (Wildman–Crippen MR) is 73.2 cm³/mol. The first-order valence-corrected chi connectivity index (χ1v) is 7.09. The van der Waals surface area contributed by atoms with E-state index >= 15 is 0 Å². The number of halogens is 1. The van der Waals surface area contributed by atoms with Crippen molar-refractivity contribution in [2.45, 2.75) is 43.8 Å². The van der Waals surface area contributed by atoms with Gasteiger partial charge >= 0.3 is 0 Å². The first-order chi connectivity index (χ1) is 8.70. The normalized spacial score (nSPS) is 30.3. The highest BCUT2D eigenvalue weighted by Gasteiger charge is 2.42. The molecule has 2 saturated heterocycles. The Kier molecular flexibility index (Phi) is 3.00. The number of hydrogen-bond acceptors (Lipinski definition) is 4. The molecule has 2 bridgehead atoms. The Hall–Kier alpha value is -1.12. The molecule has 94 valence electrons. The molecule has 0 spiro atoms. The van der Waals surface area contributed by atoms with E-state index < -0.39 is 0 Å². The molecule has 2 aliphatic heterocycles. The largest absolute Gasteiger partial charge is 0.348 e. The molecule has 3 rings (SSSR count). The lowest BCUT2D eigenvalue weighted by atomic mass is 9.97. The van der Waals surface area contributed by atoms with Crippen molar-refractivity contribution >= 4 is 21.7 Å². The zero-order valence-electron chi connectivity index (χ0n) is 10.0. The minimum absolute atomic E-state index is 0.209. The molecular formula is C13H15BrN4. The molecular weight excluding hydrogens is 292 g/mol. The van der Waals surface area contributed by atoms with Gasteiger partial charge in [0.1, 0.15) is 11.9 Å². The number of anilines is 1. The van der Waals surface area contributed by atoms with Crippen LogP contribution in [0.15, 0.2) is 16.7 Å². The van der Waals surface area contributed by atoms with Crippen LogP contribution in [0.1, 0.15) is 31.2 Å². The summed E-state index contributed by atoms with van der Waals surface area (Å²) in [4.78, 5) is 6.74. The Morgan fingerprint density at radius 3 is 2.94 bits per heavy atom. The first-order valence-electron chi connectivity index (χ1n) is 6.30. The van der Waals surface area contributed by atoms with Crippen LogP contribution in [0.2, 0.25) is 0 Å². The van der Waals surface area contributed by atoms with Crippen molar-refractivity contribution in [1.29, 1.82) is 5.26 Å². The quantitative estimate of drug-likeness (QED) is 0.863. The highest BCUT2D eigenvalue weighted by molar-refractivity contribution is 9.10. The first kappa shape index (κ1) is 11.9. The molecule has 0 aliphatic carbocycles. The van der Waals surface area contributed by atoms with Gasteiger partial charge < -0.3 is 10.6 Å². The van der Waals surface area contributed by atoms with Gasteiger partial charge in [-0.1, -0.05) is 0 Å². The van der Waals surface area contributed by atoms with E-state index in [2.05, 4.69) is 31.9 Å². The number of aromatic nitrogens is 1. The van der Waals surface area contributed by atoms with E-state index in [9.17, 15) is 5.26 Å². The summed E-state index contributed by atoms with van der Waals surface area (Å²) in [6, 6.07) is 5.15. The van der Waals surface area contributed by atoms with Crippen LogP contribution in [0.25, 0.3) is 0 Å². The maximum atomic E-state index is 9.26. The number of fused-ring (bicyclic) bond motifs is 2. The number of pyridine rings is 1. The summed E-state index contributed by atoms with van der Waals surface area (Å²) >= 11 is 3.36. The second-order valence-corrected chi connectivity index (χ2v) is 6.00. The summed E-state index contributed by atoms with van der Waals surface area (Å²) in [5.74, 6) is 0.809. The van der Waals surface area contributed by atoms with E-state index in [1.165, 1.54) is 6.42 Å². The van der Waals surface area contributed by atoms with Crippen LogP contribution in [0.4, 0.5) is 5.82 Å². The fraction of sp³-hybridized carbons (Fsp3) is 0.538. The lowest BCUT2D eigenvalue weighted by Crippen LogP contribution is -2.51. The molecule has 1 aromatic heterocycles. The summed E-state index contributed by atoms with van der Waals surface area (Å²) in [5, 5.41) is 9.26. The minimum Gasteiger partial charge on any atom is -0.348 e. The average Bonchev–Trinajstić information content (AvgIpc) is 2.70. The number of rotatable bonds is 1. The van der Waals surface area contributed by atoms with E-state index in [-0.39, 0.29) is 6.04 Å². The summed E-state index contributed by atoms with van der Waals surface area (Å²) in [7, 11) is 0. The summed E-state index contributed by atoms with van der Waals surface area (Å²) < 4.78 is 0.844. The lowest BCUT2D eigenvalue weighted by molar-refractivity contribution is 0.409. The van der Waals surface area contributed by atoms with Gasteiger partial charge in [-0.2, -0.15) is 5.26 Å². The van der Waals surface area contributed by atoms with Crippen LogP contribution in [0.3, 0.4) is 0 Å². The van der Waals surface area contributed by atoms with Crippen molar-refractivity contribution in [3.05, 3.63) is 22.3 Å². The van der Waals surface area contributed by atoms with Crippen molar-refractivity contribution in [2.24, 2.45) is 5.73 Å². The number of piperidine rings is 1. The molecule has 1 aromatic rings. The van der Waals surface area contributed by atoms with Crippen molar-refractivity contribution in [2.75, 3.05) is 4.90 Å². The van der Waals surface area contributed by atoms with Crippen LogP contribution in [-0.4, -0.2) is 23.1 Å². The van der Waals surface area contributed by atoms with Gasteiger partial charge in [-0.25, -0.2) is 4.98 Å². The number of nitrogens with zero attached hydrogens (tertiary/aromatic N) is 3. The van der Waals surface area contributed by atoms with E-state index in [0.29, 0.717) is 17.6 Å². The second-order valence-electron chi connectivity index (χ2n) is 5.08. The highest BCUT2D eigenvalue weighted by atomic mass is 79.9. The molecule has 5 heteroatoms. The average molecular weight is 307 g/mol. The van der Waals surface area contributed by atoms with Crippen molar-refractivity contribution in [1.82, 2.24) is 4.98 Å². The molecule has 0 radical (unpaired) electrons. The molecule has 3 heterocycles. The predicted octanol–water partition coefficient (Wildman–Crippen LogP) is 2.17. The second kappa shape index (κ2) is 4.52. The molecule has 3 atom stereocenters. The van der Waals surface area contributed by atoms with E-state index in [1.54, 1.807) is 6.20 Å². The topological polar surface area (TPSA) is 65.9 Å². The Bertz CT molecular complexity index is 510. The third-order valence-corrected chi connectivity index (χ3v) is 4.51. The molecule has 3 unspecified atom stereocenters. The van der Waals surface area contributed by atoms with Gasteiger partial charge in [0.05, 0.1) is 5.56 Å². The fourth-order valence-electron chi connectivity index (χ4n) is 3.24. The van der Waals surface area contributed by atoms with E-state index in [0.717, 1.165) is 29.6 Å². The SMILES string of the molecule is N#Cc1cc(Br)cnc1N1C2CCC(N)C1CC2. The van der Waals surface area contributed by atoms with Gasteiger partial charge in [-0.15, -0.1) is 0 Å². The van der Waals surface area contributed by atoms with E-state index in [1.807, 2.05) is 6.07 Å². The maximum absolute atomic E-state index is 9.26. The summed E-state index contributed by atoms with van der Waals surface area (Å²) in [5.41, 5.74) is 6.84.